The highest BCUT2D eigenvalue weighted by molar-refractivity contribution is 9.10. The molecule has 0 aliphatic heterocycles. The molecular weight excluding hydrogens is 340 g/mol. The van der Waals surface area contributed by atoms with Gasteiger partial charge in [0.25, 0.3) is 5.56 Å². The minimum absolute atomic E-state index is 0.236. The molecule has 0 saturated carbocycles. The number of carbonyl (C=O) groups is 1. The Balaban J connectivity index is 2.32. The van der Waals surface area contributed by atoms with Crippen LogP contribution in [0.25, 0.3) is 0 Å². The molecule has 2 aromatic rings. The SMILES string of the molecule is COC(=O)c1ccc(Cn2nc(OC)ccc2=O)c(Br)c1. The summed E-state index contributed by atoms with van der Waals surface area (Å²) in [7, 11) is 2.81. The lowest BCUT2D eigenvalue weighted by atomic mass is 10.1. The Morgan fingerprint density at radius 3 is 2.67 bits per heavy atom. The highest BCUT2D eigenvalue weighted by Gasteiger charge is 2.10. The molecule has 6 nitrogen and oxygen atoms in total. The largest absolute Gasteiger partial charge is 0.480 e. The summed E-state index contributed by atoms with van der Waals surface area (Å²) in [6.07, 6.45) is 0. The predicted molar refractivity (Wildman–Crippen MR) is 79.6 cm³/mol. The van der Waals surface area contributed by atoms with E-state index in [1.54, 1.807) is 18.2 Å². The maximum atomic E-state index is 11.8. The molecule has 0 atom stereocenters. The second-order valence-electron chi connectivity index (χ2n) is 4.17. The fraction of sp³-hybridized carbons (Fsp3) is 0.214. The number of ether oxygens (including phenoxy) is 2. The van der Waals surface area contributed by atoms with E-state index in [2.05, 4.69) is 25.8 Å². The first-order valence-corrected chi connectivity index (χ1v) is 6.83. The maximum absolute atomic E-state index is 11.8. The lowest BCUT2D eigenvalue weighted by molar-refractivity contribution is 0.0600. The third-order valence-corrected chi connectivity index (χ3v) is 3.58. The van der Waals surface area contributed by atoms with Crippen molar-refractivity contribution < 1.29 is 14.3 Å². The molecule has 0 aliphatic carbocycles. The molecule has 7 heteroatoms. The Morgan fingerprint density at radius 2 is 2.05 bits per heavy atom. The van der Waals surface area contributed by atoms with Crippen LogP contribution in [-0.2, 0) is 11.3 Å². The van der Waals surface area contributed by atoms with Gasteiger partial charge in [0.05, 0.1) is 26.3 Å². The van der Waals surface area contributed by atoms with E-state index >= 15 is 0 Å². The van der Waals surface area contributed by atoms with Crippen molar-refractivity contribution in [1.82, 2.24) is 9.78 Å². The molecule has 0 N–H and O–H groups in total. The zero-order valence-electron chi connectivity index (χ0n) is 11.5. The summed E-state index contributed by atoms with van der Waals surface area (Å²) in [6.45, 7) is 0.262. The molecule has 1 aromatic heterocycles. The van der Waals surface area contributed by atoms with E-state index in [1.165, 1.54) is 31.0 Å². The van der Waals surface area contributed by atoms with Gasteiger partial charge in [-0.05, 0) is 17.7 Å². The zero-order valence-corrected chi connectivity index (χ0v) is 13.1. The summed E-state index contributed by atoms with van der Waals surface area (Å²) < 4.78 is 11.6. The van der Waals surface area contributed by atoms with Crippen LogP contribution in [0, 0.1) is 0 Å². The molecule has 0 spiro atoms. The molecule has 0 fully saturated rings. The van der Waals surface area contributed by atoms with Crippen molar-refractivity contribution in [2.75, 3.05) is 14.2 Å². The average molecular weight is 353 g/mol. The van der Waals surface area contributed by atoms with Gasteiger partial charge >= 0.3 is 5.97 Å². The van der Waals surface area contributed by atoms with E-state index in [0.29, 0.717) is 15.9 Å². The van der Waals surface area contributed by atoms with E-state index in [1.807, 2.05) is 0 Å². The van der Waals surface area contributed by atoms with Crippen LogP contribution >= 0.6 is 15.9 Å². The van der Waals surface area contributed by atoms with Crippen molar-refractivity contribution in [1.29, 1.82) is 0 Å². The lowest BCUT2D eigenvalue weighted by Crippen LogP contribution is -2.22. The van der Waals surface area contributed by atoms with E-state index in [9.17, 15) is 9.59 Å². The van der Waals surface area contributed by atoms with E-state index < -0.39 is 5.97 Å². The molecule has 21 heavy (non-hydrogen) atoms. The van der Waals surface area contributed by atoms with Gasteiger partial charge in [-0.3, -0.25) is 4.79 Å². The van der Waals surface area contributed by atoms with E-state index in [0.717, 1.165) is 5.56 Å². The van der Waals surface area contributed by atoms with Crippen molar-refractivity contribution >= 4 is 21.9 Å². The fourth-order valence-electron chi connectivity index (χ4n) is 1.73. The second-order valence-corrected chi connectivity index (χ2v) is 5.02. The predicted octanol–water partition coefficient (Wildman–Crippen LogP) is 1.85. The number of hydrogen-bond donors (Lipinski definition) is 0. The minimum atomic E-state index is -0.418. The standard InChI is InChI=1S/C14H13BrN2O4/c1-20-12-5-6-13(18)17(16-12)8-10-4-3-9(7-11(10)15)14(19)21-2/h3-7H,8H2,1-2H3. The Morgan fingerprint density at radius 1 is 1.29 bits per heavy atom. The van der Waals surface area contributed by atoms with Crippen molar-refractivity contribution in [2.24, 2.45) is 0 Å². The topological polar surface area (TPSA) is 70.4 Å². The number of nitrogens with zero attached hydrogens (tertiary/aromatic N) is 2. The number of halogens is 1. The smallest absolute Gasteiger partial charge is 0.337 e. The van der Waals surface area contributed by atoms with Crippen molar-refractivity contribution in [3.8, 4) is 5.88 Å². The number of methoxy groups -OCH3 is 2. The minimum Gasteiger partial charge on any atom is -0.480 e. The fourth-order valence-corrected chi connectivity index (χ4v) is 2.24. The zero-order chi connectivity index (χ0) is 15.4. The summed E-state index contributed by atoms with van der Waals surface area (Å²) in [6, 6.07) is 7.92. The Bertz CT molecular complexity index is 727. The van der Waals surface area contributed by atoms with Crippen LogP contribution in [0.1, 0.15) is 15.9 Å². The summed E-state index contributed by atoms with van der Waals surface area (Å²) in [5.74, 6) is -0.0594. The number of esters is 1. The third kappa shape index (κ3) is 3.49. The number of rotatable bonds is 4. The van der Waals surface area contributed by atoms with Crippen LogP contribution in [0.2, 0.25) is 0 Å². The van der Waals surface area contributed by atoms with Crippen LogP contribution in [0.15, 0.2) is 39.6 Å². The summed E-state index contributed by atoms with van der Waals surface area (Å²) in [5.41, 5.74) is 1.00. The monoisotopic (exact) mass is 352 g/mol. The van der Waals surface area contributed by atoms with Crippen LogP contribution in [0.4, 0.5) is 0 Å². The summed E-state index contributed by atoms with van der Waals surface area (Å²) in [5, 5.41) is 4.07. The molecule has 0 aliphatic rings. The molecular formula is C14H13BrN2O4. The van der Waals surface area contributed by atoms with Crippen molar-refractivity contribution in [2.45, 2.75) is 6.54 Å². The van der Waals surface area contributed by atoms with E-state index in [4.69, 9.17) is 4.74 Å². The molecule has 110 valence electrons. The Hall–Kier alpha value is -2.15. The highest BCUT2D eigenvalue weighted by atomic mass is 79.9. The summed E-state index contributed by atoms with van der Waals surface area (Å²) >= 11 is 3.38. The van der Waals surface area contributed by atoms with Gasteiger partial charge in [0.15, 0.2) is 0 Å². The first-order chi connectivity index (χ1) is 10.0. The van der Waals surface area contributed by atoms with Crippen molar-refractivity contribution in [3.63, 3.8) is 0 Å². The Kier molecular flexibility index (Phi) is 4.74. The van der Waals surface area contributed by atoms with Gasteiger partial charge < -0.3 is 9.47 Å². The molecule has 1 heterocycles. The van der Waals surface area contributed by atoms with Gasteiger partial charge in [-0.2, -0.15) is 0 Å². The van der Waals surface area contributed by atoms with Crippen LogP contribution in [0.3, 0.4) is 0 Å². The molecule has 0 unspecified atom stereocenters. The van der Waals surface area contributed by atoms with Gasteiger partial charge in [-0.1, -0.05) is 22.0 Å². The number of benzene rings is 1. The highest BCUT2D eigenvalue weighted by Crippen LogP contribution is 2.20. The first-order valence-electron chi connectivity index (χ1n) is 6.04. The van der Waals surface area contributed by atoms with Crippen LogP contribution < -0.4 is 10.3 Å². The summed E-state index contributed by atoms with van der Waals surface area (Å²) in [4.78, 5) is 23.2. The van der Waals surface area contributed by atoms with Crippen LogP contribution in [0.5, 0.6) is 5.88 Å². The average Bonchev–Trinajstić information content (AvgIpc) is 2.50. The van der Waals surface area contributed by atoms with Gasteiger partial charge in [-0.15, -0.1) is 5.10 Å². The second kappa shape index (κ2) is 6.53. The quantitative estimate of drug-likeness (QED) is 0.785. The van der Waals surface area contributed by atoms with E-state index in [-0.39, 0.29) is 12.1 Å². The molecule has 1 aromatic carbocycles. The normalized spacial score (nSPS) is 10.2. The van der Waals surface area contributed by atoms with Gasteiger partial charge in [0.1, 0.15) is 0 Å². The third-order valence-electron chi connectivity index (χ3n) is 2.85. The molecule has 0 radical (unpaired) electrons. The lowest BCUT2D eigenvalue weighted by Gasteiger charge is -2.09. The Labute approximate surface area is 129 Å². The number of aromatic nitrogens is 2. The first kappa shape index (κ1) is 15.2. The van der Waals surface area contributed by atoms with Crippen molar-refractivity contribution in [3.05, 3.63) is 56.3 Å². The van der Waals surface area contributed by atoms with Gasteiger partial charge in [0, 0.05) is 16.6 Å². The maximum Gasteiger partial charge on any atom is 0.337 e. The number of carbonyl (C=O) groups excluding carboxylic acids is 1. The molecule has 2 rings (SSSR count). The van der Waals surface area contributed by atoms with Gasteiger partial charge in [-0.25, -0.2) is 9.48 Å². The molecule has 0 amide bonds. The van der Waals surface area contributed by atoms with Crippen LogP contribution in [-0.4, -0.2) is 30.0 Å². The number of hydrogen-bond acceptors (Lipinski definition) is 5. The van der Waals surface area contributed by atoms with Gasteiger partial charge in [0.2, 0.25) is 5.88 Å². The molecule has 0 saturated heterocycles. The molecule has 0 bridgehead atoms.